The van der Waals surface area contributed by atoms with E-state index in [1.54, 1.807) is 0 Å². The van der Waals surface area contributed by atoms with Crippen LogP contribution in [0.4, 0.5) is 5.95 Å². The van der Waals surface area contributed by atoms with E-state index in [2.05, 4.69) is 34.0 Å². The largest absolute Gasteiger partial charge is 0.377 e. The van der Waals surface area contributed by atoms with Crippen LogP contribution in [0.15, 0.2) is 6.07 Å². The number of ether oxygens (including phenoxy) is 1. The molecular weight excluding hydrogens is 228 g/mol. The summed E-state index contributed by atoms with van der Waals surface area (Å²) in [5.74, 6) is 0.832. The summed E-state index contributed by atoms with van der Waals surface area (Å²) in [5.41, 5.74) is 2.07. The minimum absolute atomic E-state index is 0.340. The van der Waals surface area contributed by atoms with Gasteiger partial charge in [-0.15, -0.1) is 0 Å². The topological polar surface area (TPSA) is 50.3 Å². The summed E-state index contributed by atoms with van der Waals surface area (Å²) in [5, 5.41) is 3.30. The molecule has 0 saturated carbocycles. The molecule has 18 heavy (non-hydrogen) atoms. The Labute approximate surface area is 109 Å². The van der Waals surface area contributed by atoms with Crippen LogP contribution in [-0.4, -0.2) is 42.3 Å². The van der Waals surface area contributed by atoms with Crippen LogP contribution in [0.25, 0.3) is 0 Å². The highest BCUT2D eigenvalue weighted by Crippen LogP contribution is 2.16. The van der Waals surface area contributed by atoms with Gasteiger partial charge in [0, 0.05) is 18.8 Å². The monoisotopic (exact) mass is 250 g/mol. The van der Waals surface area contributed by atoms with Crippen molar-refractivity contribution in [1.29, 1.82) is 0 Å². The van der Waals surface area contributed by atoms with Gasteiger partial charge in [0.25, 0.3) is 0 Å². The van der Waals surface area contributed by atoms with Gasteiger partial charge in [0.1, 0.15) is 0 Å². The third kappa shape index (κ3) is 3.17. The highest BCUT2D eigenvalue weighted by atomic mass is 16.5. The Kier molecular flexibility index (Phi) is 4.49. The Morgan fingerprint density at radius 2 is 2.33 bits per heavy atom. The SMILES string of the molecule is CCNCc1cc(C)nc(N2CCOCC2C)n1. The van der Waals surface area contributed by atoms with E-state index >= 15 is 0 Å². The molecule has 0 bridgehead atoms. The van der Waals surface area contributed by atoms with Crippen molar-refractivity contribution in [2.24, 2.45) is 0 Å². The molecule has 1 saturated heterocycles. The summed E-state index contributed by atoms with van der Waals surface area (Å²) in [7, 11) is 0. The number of hydrogen-bond acceptors (Lipinski definition) is 5. The van der Waals surface area contributed by atoms with Crippen molar-refractivity contribution in [2.75, 3.05) is 31.2 Å². The second-order valence-corrected chi connectivity index (χ2v) is 4.70. The molecule has 1 N–H and O–H groups in total. The fourth-order valence-corrected chi connectivity index (χ4v) is 2.11. The molecule has 1 aromatic rings. The first-order chi connectivity index (χ1) is 8.70. The summed E-state index contributed by atoms with van der Waals surface area (Å²) in [6, 6.07) is 2.38. The number of anilines is 1. The van der Waals surface area contributed by atoms with Gasteiger partial charge < -0.3 is 15.0 Å². The lowest BCUT2D eigenvalue weighted by atomic mass is 10.2. The van der Waals surface area contributed by atoms with Gasteiger partial charge in [-0.2, -0.15) is 0 Å². The molecule has 2 rings (SSSR count). The summed E-state index contributed by atoms with van der Waals surface area (Å²) in [6.07, 6.45) is 0. The maximum absolute atomic E-state index is 5.45. The first-order valence-electron chi connectivity index (χ1n) is 6.60. The van der Waals surface area contributed by atoms with Gasteiger partial charge in [0.05, 0.1) is 24.9 Å². The number of aryl methyl sites for hydroxylation is 1. The van der Waals surface area contributed by atoms with Crippen LogP contribution in [0, 0.1) is 6.92 Å². The van der Waals surface area contributed by atoms with Gasteiger partial charge in [0.2, 0.25) is 5.95 Å². The van der Waals surface area contributed by atoms with Crippen molar-refractivity contribution < 1.29 is 4.74 Å². The van der Waals surface area contributed by atoms with E-state index in [0.717, 1.165) is 50.2 Å². The zero-order valence-corrected chi connectivity index (χ0v) is 11.4. The van der Waals surface area contributed by atoms with Gasteiger partial charge in [-0.25, -0.2) is 9.97 Å². The Hall–Kier alpha value is -1.20. The van der Waals surface area contributed by atoms with Crippen molar-refractivity contribution >= 4 is 5.95 Å². The molecular formula is C13H22N4O. The molecule has 0 amide bonds. The minimum atomic E-state index is 0.340. The second-order valence-electron chi connectivity index (χ2n) is 4.70. The molecule has 5 heteroatoms. The van der Waals surface area contributed by atoms with E-state index in [1.165, 1.54) is 0 Å². The number of nitrogens with zero attached hydrogens (tertiary/aromatic N) is 3. The van der Waals surface area contributed by atoms with Crippen LogP contribution in [-0.2, 0) is 11.3 Å². The van der Waals surface area contributed by atoms with E-state index in [4.69, 9.17) is 4.74 Å². The normalized spacial score (nSPS) is 20.2. The number of aromatic nitrogens is 2. The molecule has 0 aliphatic carbocycles. The van der Waals surface area contributed by atoms with Crippen LogP contribution >= 0.6 is 0 Å². The highest BCUT2D eigenvalue weighted by molar-refractivity contribution is 5.34. The molecule has 0 aromatic carbocycles. The maximum atomic E-state index is 5.45. The molecule has 1 aliphatic heterocycles. The van der Waals surface area contributed by atoms with Crippen LogP contribution in [0.1, 0.15) is 25.2 Å². The molecule has 5 nitrogen and oxygen atoms in total. The first kappa shape index (κ1) is 13.2. The van der Waals surface area contributed by atoms with Gasteiger partial charge >= 0.3 is 0 Å². The average molecular weight is 250 g/mol. The van der Waals surface area contributed by atoms with Gasteiger partial charge in [-0.05, 0) is 26.5 Å². The average Bonchev–Trinajstić information content (AvgIpc) is 2.36. The fraction of sp³-hybridized carbons (Fsp3) is 0.692. The molecule has 1 atom stereocenters. The molecule has 1 fully saturated rings. The molecule has 1 aromatic heterocycles. The highest BCUT2D eigenvalue weighted by Gasteiger charge is 2.21. The van der Waals surface area contributed by atoms with Crippen molar-refractivity contribution in [1.82, 2.24) is 15.3 Å². The predicted molar refractivity (Wildman–Crippen MR) is 71.8 cm³/mol. The smallest absolute Gasteiger partial charge is 0.226 e. The van der Waals surface area contributed by atoms with E-state index < -0.39 is 0 Å². The number of nitrogens with one attached hydrogen (secondary N) is 1. The Morgan fingerprint density at radius 1 is 1.50 bits per heavy atom. The van der Waals surface area contributed by atoms with E-state index in [9.17, 15) is 0 Å². The zero-order chi connectivity index (χ0) is 13.0. The Balaban J connectivity index is 2.18. The molecule has 100 valence electrons. The van der Waals surface area contributed by atoms with Crippen LogP contribution in [0.3, 0.4) is 0 Å². The van der Waals surface area contributed by atoms with E-state index in [0.29, 0.717) is 6.04 Å². The molecule has 0 spiro atoms. The quantitative estimate of drug-likeness (QED) is 0.868. The van der Waals surface area contributed by atoms with Gasteiger partial charge in [-0.1, -0.05) is 6.92 Å². The van der Waals surface area contributed by atoms with Crippen LogP contribution in [0.2, 0.25) is 0 Å². The second kappa shape index (κ2) is 6.11. The molecule has 1 aliphatic rings. The summed E-state index contributed by atoms with van der Waals surface area (Å²) in [4.78, 5) is 11.4. The molecule has 1 unspecified atom stereocenters. The third-order valence-electron chi connectivity index (χ3n) is 3.08. The van der Waals surface area contributed by atoms with Crippen LogP contribution < -0.4 is 10.2 Å². The Morgan fingerprint density at radius 3 is 3.06 bits per heavy atom. The van der Waals surface area contributed by atoms with Crippen molar-refractivity contribution in [3.63, 3.8) is 0 Å². The van der Waals surface area contributed by atoms with Crippen molar-refractivity contribution in [3.05, 3.63) is 17.5 Å². The lowest BCUT2D eigenvalue weighted by Gasteiger charge is -2.33. The van der Waals surface area contributed by atoms with Crippen LogP contribution in [0.5, 0.6) is 0 Å². The zero-order valence-electron chi connectivity index (χ0n) is 11.4. The Bertz CT molecular complexity index is 397. The van der Waals surface area contributed by atoms with Gasteiger partial charge in [-0.3, -0.25) is 0 Å². The lowest BCUT2D eigenvalue weighted by molar-refractivity contribution is 0.0980. The number of rotatable bonds is 4. The van der Waals surface area contributed by atoms with Gasteiger partial charge in [0.15, 0.2) is 0 Å². The standard InChI is InChI=1S/C13H22N4O/c1-4-14-8-12-7-10(2)15-13(16-12)17-5-6-18-9-11(17)3/h7,11,14H,4-6,8-9H2,1-3H3. The molecule has 2 heterocycles. The fourth-order valence-electron chi connectivity index (χ4n) is 2.11. The number of morpholine rings is 1. The minimum Gasteiger partial charge on any atom is -0.377 e. The maximum Gasteiger partial charge on any atom is 0.226 e. The van der Waals surface area contributed by atoms with Crippen molar-refractivity contribution in [2.45, 2.75) is 33.4 Å². The lowest BCUT2D eigenvalue weighted by Crippen LogP contribution is -2.44. The predicted octanol–water partition coefficient (Wildman–Crippen LogP) is 1.12. The summed E-state index contributed by atoms with van der Waals surface area (Å²) >= 11 is 0. The first-order valence-corrected chi connectivity index (χ1v) is 6.60. The van der Waals surface area contributed by atoms with Crippen molar-refractivity contribution in [3.8, 4) is 0 Å². The third-order valence-corrected chi connectivity index (χ3v) is 3.08. The summed E-state index contributed by atoms with van der Waals surface area (Å²) < 4.78 is 5.45. The molecule has 0 radical (unpaired) electrons. The van der Waals surface area contributed by atoms with E-state index in [1.807, 2.05) is 13.0 Å². The van der Waals surface area contributed by atoms with E-state index in [-0.39, 0.29) is 0 Å². The number of hydrogen-bond donors (Lipinski definition) is 1. The summed E-state index contributed by atoms with van der Waals surface area (Å²) in [6.45, 7) is 10.4.